The fourth-order valence-electron chi connectivity index (χ4n) is 2.89. The molecule has 0 spiro atoms. The number of benzene rings is 1. The molecule has 1 nitrogen and oxygen atoms in total. The second-order valence-corrected chi connectivity index (χ2v) is 5.81. The lowest BCUT2D eigenvalue weighted by molar-refractivity contribution is 0.276. The van der Waals surface area contributed by atoms with Crippen LogP contribution >= 0.6 is 15.9 Å². The molecule has 1 unspecified atom stereocenters. The molecule has 18 heavy (non-hydrogen) atoms. The summed E-state index contributed by atoms with van der Waals surface area (Å²) >= 11 is 3.01. The summed E-state index contributed by atoms with van der Waals surface area (Å²) < 4.78 is 27.8. The van der Waals surface area contributed by atoms with Crippen molar-refractivity contribution in [3.8, 4) is 0 Å². The molecule has 4 heteroatoms. The van der Waals surface area contributed by atoms with Crippen LogP contribution in [-0.4, -0.2) is 7.05 Å². The summed E-state index contributed by atoms with van der Waals surface area (Å²) in [6.07, 6.45) is 5.79. The smallest absolute Gasteiger partial charge is 0.137 e. The van der Waals surface area contributed by atoms with E-state index in [4.69, 9.17) is 0 Å². The van der Waals surface area contributed by atoms with Crippen molar-refractivity contribution in [2.24, 2.45) is 5.92 Å². The van der Waals surface area contributed by atoms with Crippen LogP contribution in [0.25, 0.3) is 0 Å². The van der Waals surface area contributed by atoms with Gasteiger partial charge in [-0.1, -0.05) is 19.3 Å². The van der Waals surface area contributed by atoms with Crippen molar-refractivity contribution in [2.75, 3.05) is 7.05 Å². The SMILES string of the molecule is CNC(c1cc(F)c(Br)cc1F)C1CCCCC1. The predicted octanol–water partition coefficient (Wildman–Crippen LogP) is 4.57. The molecule has 100 valence electrons. The lowest BCUT2D eigenvalue weighted by Crippen LogP contribution is -2.28. The molecule has 0 aromatic heterocycles. The average Bonchev–Trinajstić information content (AvgIpc) is 2.38. The highest BCUT2D eigenvalue weighted by atomic mass is 79.9. The zero-order valence-electron chi connectivity index (χ0n) is 10.5. The highest BCUT2D eigenvalue weighted by Gasteiger charge is 2.26. The standard InChI is InChI=1S/C14H18BrF2N/c1-18-14(9-5-3-2-4-6-9)10-7-13(17)11(15)8-12(10)16/h7-9,14,18H,2-6H2,1H3. The molecule has 1 atom stereocenters. The van der Waals surface area contributed by atoms with E-state index in [2.05, 4.69) is 21.2 Å². The van der Waals surface area contributed by atoms with Gasteiger partial charge in [0.25, 0.3) is 0 Å². The Morgan fingerprint density at radius 3 is 2.44 bits per heavy atom. The Balaban J connectivity index is 2.28. The molecule has 0 radical (unpaired) electrons. The first-order chi connectivity index (χ1) is 8.63. The maximum Gasteiger partial charge on any atom is 0.137 e. The van der Waals surface area contributed by atoms with Gasteiger partial charge in [-0.05, 0) is 53.9 Å². The third kappa shape index (κ3) is 2.91. The summed E-state index contributed by atoms with van der Waals surface area (Å²) in [4.78, 5) is 0. The van der Waals surface area contributed by atoms with Gasteiger partial charge >= 0.3 is 0 Å². The summed E-state index contributed by atoms with van der Waals surface area (Å²) in [5, 5.41) is 3.15. The first-order valence-electron chi connectivity index (χ1n) is 6.45. The average molecular weight is 318 g/mol. The van der Waals surface area contributed by atoms with Crippen LogP contribution in [0.4, 0.5) is 8.78 Å². The van der Waals surface area contributed by atoms with Crippen molar-refractivity contribution in [3.63, 3.8) is 0 Å². The van der Waals surface area contributed by atoms with Gasteiger partial charge in [-0.25, -0.2) is 8.78 Å². The van der Waals surface area contributed by atoms with E-state index in [1.165, 1.54) is 31.4 Å². The number of hydrogen-bond acceptors (Lipinski definition) is 1. The van der Waals surface area contributed by atoms with Crippen LogP contribution < -0.4 is 5.32 Å². The second kappa shape index (κ2) is 6.11. The Kier molecular flexibility index (Phi) is 4.73. The Bertz CT molecular complexity index is 417. The fraction of sp³-hybridized carbons (Fsp3) is 0.571. The maximum atomic E-state index is 14.0. The van der Waals surface area contributed by atoms with Crippen LogP contribution in [0.5, 0.6) is 0 Å². The van der Waals surface area contributed by atoms with E-state index in [1.54, 1.807) is 0 Å². The van der Waals surface area contributed by atoms with Crippen LogP contribution in [0, 0.1) is 17.6 Å². The summed E-state index contributed by atoms with van der Waals surface area (Å²) in [6, 6.07) is 2.44. The van der Waals surface area contributed by atoms with Gasteiger partial charge in [-0.3, -0.25) is 0 Å². The molecule has 1 aliphatic carbocycles. The molecule has 2 rings (SSSR count). The molecule has 1 aromatic rings. The molecule has 1 N–H and O–H groups in total. The highest BCUT2D eigenvalue weighted by Crippen LogP contribution is 2.36. The van der Waals surface area contributed by atoms with E-state index in [1.807, 2.05) is 7.05 Å². The molecule has 1 aliphatic rings. The van der Waals surface area contributed by atoms with Gasteiger partial charge in [0, 0.05) is 11.6 Å². The van der Waals surface area contributed by atoms with Gasteiger partial charge in [0.15, 0.2) is 0 Å². The molecular weight excluding hydrogens is 300 g/mol. The third-order valence-electron chi connectivity index (χ3n) is 3.81. The van der Waals surface area contributed by atoms with E-state index in [0.29, 0.717) is 11.5 Å². The van der Waals surface area contributed by atoms with Gasteiger partial charge in [0.2, 0.25) is 0 Å². The van der Waals surface area contributed by atoms with Crippen LogP contribution in [0.1, 0.15) is 43.7 Å². The minimum Gasteiger partial charge on any atom is -0.313 e. The number of rotatable bonds is 3. The van der Waals surface area contributed by atoms with Crippen LogP contribution in [-0.2, 0) is 0 Å². The topological polar surface area (TPSA) is 12.0 Å². The zero-order valence-corrected chi connectivity index (χ0v) is 12.1. The maximum absolute atomic E-state index is 14.0. The van der Waals surface area contributed by atoms with E-state index < -0.39 is 5.82 Å². The minimum absolute atomic E-state index is 0.0899. The zero-order chi connectivity index (χ0) is 13.1. The molecule has 1 fully saturated rings. The molecular formula is C14H18BrF2N. The molecule has 0 saturated heterocycles. The Morgan fingerprint density at radius 2 is 1.83 bits per heavy atom. The lowest BCUT2D eigenvalue weighted by atomic mass is 9.81. The molecule has 0 bridgehead atoms. The summed E-state index contributed by atoms with van der Waals surface area (Å²) in [6.45, 7) is 0. The van der Waals surface area contributed by atoms with Gasteiger partial charge < -0.3 is 5.32 Å². The largest absolute Gasteiger partial charge is 0.313 e. The quantitative estimate of drug-likeness (QED) is 0.805. The van der Waals surface area contributed by atoms with E-state index in [0.717, 1.165) is 12.8 Å². The molecule has 0 amide bonds. The predicted molar refractivity (Wildman–Crippen MR) is 72.4 cm³/mol. The van der Waals surface area contributed by atoms with Crippen molar-refractivity contribution in [1.82, 2.24) is 5.32 Å². The van der Waals surface area contributed by atoms with Gasteiger partial charge in [-0.2, -0.15) is 0 Å². The highest BCUT2D eigenvalue weighted by molar-refractivity contribution is 9.10. The molecule has 0 heterocycles. The lowest BCUT2D eigenvalue weighted by Gasteiger charge is -2.30. The van der Waals surface area contributed by atoms with Crippen LogP contribution in [0.15, 0.2) is 16.6 Å². The van der Waals surface area contributed by atoms with Crippen LogP contribution in [0.2, 0.25) is 0 Å². The monoisotopic (exact) mass is 317 g/mol. The first kappa shape index (κ1) is 13.9. The Morgan fingerprint density at radius 1 is 1.17 bits per heavy atom. The number of hydrogen-bond donors (Lipinski definition) is 1. The van der Waals surface area contributed by atoms with Crippen molar-refractivity contribution >= 4 is 15.9 Å². The number of halogens is 3. The normalized spacial score (nSPS) is 18.9. The van der Waals surface area contributed by atoms with Crippen molar-refractivity contribution in [1.29, 1.82) is 0 Å². The summed E-state index contributed by atoms with van der Waals surface area (Å²) in [5.41, 5.74) is 0.449. The molecule has 0 aliphatic heterocycles. The van der Waals surface area contributed by atoms with Crippen molar-refractivity contribution in [3.05, 3.63) is 33.8 Å². The fourth-order valence-corrected chi connectivity index (χ4v) is 3.20. The van der Waals surface area contributed by atoms with Crippen LogP contribution in [0.3, 0.4) is 0 Å². The summed E-state index contributed by atoms with van der Waals surface area (Å²) in [7, 11) is 1.82. The first-order valence-corrected chi connectivity index (χ1v) is 7.24. The summed E-state index contributed by atoms with van der Waals surface area (Å²) in [5.74, 6) is -0.338. The Hall–Kier alpha value is -0.480. The molecule has 1 aromatic carbocycles. The third-order valence-corrected chi connectivity index (χ3v) is 4.41. The van der Waals surface area contributed by atoms with Gasteiger partial charge in [-0.15, -0.1) is 0 Å². The molecule has 1 saturated carbocycles. The van der Waals surface area contributed by atoms with Crippen molar-refractivity contribution in [2.45, 2.75) is 38.1 Å². The number of nitrogens with one attached hydrogen (secondary N) is 1. The second-order valence-electron chi connectivity index (χ2n) is 4.95. The van der Waals surface area contributed by atoms with E-state index in [-0.39, 0.29) is 16.3 Å². The minimum atomic E-state index is -0.401. The van der Waals surface area contributed by atoms with Gasteiger partial charge in [0.05, 0.1) is 4.47 Å². The van der Waals surface area contributed by atoms with Crippen molar-refractivity contribution < 1.29 is 8.78 Å². The Labute approximate surface area is 115 Å². The van der Waals surface area contributed by atoms with Gasteiger partial charge in [0.1, 0.15) is 11.6 Å². The van der Waals surface area contributed by atoms with E-state index >= 15 is 0 Å². The van der Waals surface area contributed by atoms with E-state index in [9.17, 15) is 8.78 Å².